The Morgan fingerprint density at radius 1 is 1.12 bits per heavy atom. The summed E-state index contributed by atoms with van der Waals surface area (Å²) in [6, 6.07) is 0.331. The molecule has 0 radical (unpaired) electrons. The van der Waals surface area contributed by atoms with Crippen molar-refractivity contribution in [2.45, 2.75) is 91.8 Å². The summed E-state index contributed by atoms with van der Waals surface area (Å²) in [5, 5.41) is 3.52. The van der Waals surface area contributed by atoms with Crippen molar-refractivity contribution in [1.82, 2.24) is 20.0 Å². The monoisotopic (exact) mass is 446 g/mol. The van der Waals surface area contributed by atoms with E-state index in [0.29, 0.717) is 18.2 Å². The van der Waals surface area contributed by atoms with Crippen LogP contribution < -0.4 is 5.32 Å². The zero-order chi connectivity index (χ0) is 24.1. The fourth-order valence-electron chi connectivity index (χ4n) is 4.72. The van der Waals surface area contributed by atoms with Crippen molar-refractivity contribution in [3.8, 4) is 0 Å². The minimum absolute atomic E-state index is 0.0308. The van der Waals surface area contributed by atoms with E-state index in [1.807, 2.05) is 24.9 Å². The largest absolute Gasteiger partial charge is 0.376 e. The van der Waals surface area contributed by atoms with Crippen LogP contribution in [0.5, 0.6) is 0 Å². The molecule has 0 aliphatic carbocycles. The van der Waals surface area contributed by atoms with Gasteiger partial charge in [-0.15, -0.1) is 0 Å². The Hall–Kier alpha value is -1.82. The summed E-state index contributed by atoms with van der Waals surface area (Å²) in [7, 11) is 1.82. The lowest BCUT2D eigenvalue weighted by Crippen LogP contribution is -2.55. The standard InChI is InChI=1S/C26H46N4O2/c1-19(2)30-17-10-9-13-22(30)21(4)27-23(26(5,6)7)25(32)28(8)18-14-20(3)24(31)29-15-11-12-16-29/h14,19,22-23,27H,4,9-13,15-18H2,1-3,5-8H3/b20-14+. The summed E-state index contributed by atoms with van der Waals surface area (Å²) in [6.07, 6.45) is 7.52. The van der Waals surface area contributed by atoms with Gasteiger partial charge in [0.15, 0.2) is 0 Å². The average molecular weight is 447 g/mol. The molecule has 0 aromatic rings. The number of hydrogen-bond donors (Lipinski definition) is 1. The number of carbonyl (C=O) groups is 2. The first-order chi connectivity index (χ1) is 14.9. The van der Waals surface area contributed by atoms with Crippen LogP contribution in [0.25, 0.3) is 0 Å². The number of amides is 2. The van der Waals surface area contributed by atoms with E-state index in [2.05, 4.69) is 51.4 Å². The van der Waals surface area contributed by atoms with E-state index < -0.39 is 0 Å². The highest BCUT2D eigenvalue weighted by Crippen LogP contribution is 2.27. The van der Waals surface area contributed by atoms with Crippen LogP contribution in [0.3, 0.4) is 0 Å². The van der Waals surface area contributed by atoms with E-state index in [0.717, 1.165) is 44.6 Å². The average Bonchev–Trinajstić information content (AvgIpc) is 3.28. The summed E-state index contributed by atoms with van der Waals surface area (Å²) >= 11 is 0. The van der Waals surface area contributed by atoms with Crippen molar-refractivity contribution in [1.29, 1.82) is 0 Å². The van der Waals surface area contributed by atoms with Crippen molar-refractivity contribution in [3.63, 3.8) is 0 Å². The van der Waals surface area contributed by atoms with Gasteiger partial charge < -0.3 is 15.1 Å². The summed E-state index contributed by atoms with van der Waals surface area (Å²) in [5.41, 5.74) is 1.39. The highest BCUT2D eigenvalue weighted by molar-refractivity contribution is 5.93. The van der Waals surface area contributed by atoms with Crippen molar-refractivity contribution in [2.24, 2.45) is 5.41 Å². The van der Waals surface area contributed by atoms with Gasteiger partial charge in [-0.3, -0.25) is 14.5 Å². The smallest absolute Gasteiger partial charge is 0.249 e. The Morgan fingerprint density at radius 2 is 1.72 bits per heavy atom. The zero-order valence-electron chi connectivity index (χ0n) is 21.5. The number of piperidine rings is 1. The second kappa shape index (κ2) is 11.4. The molecule has 2 aliphatic rings. The minimum Gasteiger partial charge on any atom is -0.376 e. The second-order valence-electron chi connectivity index (χ2n) is 10.9. The van der Waals surface area contributed by atoms with Crippen LogP contribution in [0.2, 0.25) is 0 Å². The van der Waals surface area contributed by atoms with Crippen LogP contribution >= 0.6 is 0 Å². The molecule has 2 fully saturated rings. The predicted molar refractivity (Wildman–Crippen MR) is 132 cm³/mol. The molecule has 1 N–H and O–H groups in total. The molecule has 32 heavy (non-hydrogen) atoms. The first kappa shape index (κ1) is 26.4. The maximum atomic E-state index is 13.4. The molecule has 2 heterocycles. The molecule has 6 nitrogen and oxygen atoms in total. The first-order valence-corrected chi connectivity index (χ1v) is 12.4. The molecule has 2 unspecified atom stereocenters. The maximum Gasteiger partial charge on any atom is 0.249 e. The van der Waals surface area contributed by atoms with Gasteiger partial charge >= 0.3 is 0 Å². The van der Waals surface area contributed by atoms with Gasteiger partial charge in [0.25, 0.3) is 0 Å². The van der Waals surface area contributed by atoms with Gasteiger partial charge in [0.05, 0.1) is 0 Å². The number of likely N-dealkylation sites (tertiary alicyclic amines) is 2. The molecule has 2 rings (SSSR count). The molecule has 0 saturated carbocycles. The Morgan fingerprint density at radius 3 is 2.28 bits per heavy atom. The second-order valence-corrected chi connectivity index (χ2v) is 10.9. The molecule has 2 saturated heterocycles. The molecule has 0 bridgehead atoms. The van der Waals surface area contributed by atoms with Crippen LogP contribution in [0.1, 0.15) is 73.6 Å². The van der Waals surface area contributed by atoms with Gasteiger partial charge in [-0.25, -0.2) is 0 Å². The third-order valence-electron chi connectivity index (χ3n) is 6.83. The summed E-state index contributed by atoms with van der Waals surface area (Å²) in [6.45, 7) is 20.1. The normalized spacial score (nSPS) is 21.6. The van der Waals surface area contributed by atoms with Gasteiger partial charge in [-0.2, -0.15) is 0 Å². The predicted octanol–water partition coefficient (Wildman–Crippen LogP) is 3.79. The summed E-state index contributed by atoms with van der Waals surface area (Å²) in [4.78, 5) is 32.1. The van der Waals surface area contributed by atoms with Crippen molar-refractivity contribution in [2.75, 3.05) is 33.2 Å². The lowest BCUT2D eigenvalue weighted by atomic mass is 9.85. The van der Waals surface area contributed by atoms with Crippen LogP contribution in [0, 0.1) is 5.41 Å². The molecular formula is C26H46N4O2. The number of carbonyl (C=O) groups excluding carboxylic acids is 2. The Balaban J connectivity index is 2.06. The van der Waals surface area contributed by atoms with Gasteiger partial charge in [-0.05, 0) is 58.4 Å². The fourth-order valence-corrected chi connectivity index (χ4v) is 4.72. The van der Waals surface area contributed by atoms with Crippen molar-refractivity contribution < 1.29 is 9.59 Å². The van der Waals surface area contributed by atoms with Crippen molar-refractivity contribution in [3.05, 3.63) is 23.9 Å². The third-order valence-corrected chi connectivity index (χ3v) is 6.83. The molecule has 0 aromatic heterocycles. The zero-order valence-corrected chi connectivity index (χ0v) is 21.5. The number of nitrogens with zero attached hydrogens (tertiary/aromatic N) is 3. The molecular weight excluding hydrogens is 400 g/mol. The Bertz CT molecular complexity index is 701. The van der Waals surface area contributed by atoms with Gasteiger partial charge in [-0.1, -0.05) is 39.8 Å². The maximum absolute atomic E-state index is 13.4. The molecule has 0 aromatic carbocycles. The van der Waals surface area contributed by atoms with E-state index in [9.17, 15) is 9.59 Å². The van der Waals surface area contributed by atoms with Crippen molar-refractivity contribution >= 4 is 11.8 Å². The van der Waals surface area contributed by atoms with Gasteiger partial charge in [0.2, 0.25) is 11.8 Å². The Labute approximate surface area is 196 Å². The van der Waals surface area contributed by atoms with E-state index in [4.69, 9.17) is 0 Å². The third kappa shape index (κ3) is 6.84. The lowest BCUT2D eigenvalue weighted by Gasteiger charge is -2.42. The quantitative estimate of drug-likeness (QED) is 0.576. The Kier molecular flexibility index (Phi) is 9.38. The highest BCUT2D eigenvalue weighted by Gasteiger charge is 2.36. The van der Waals surface area contributed by atoms with E-state index in [1.165, 1.54) is 12.8 Å². The summed E-state index contributed by atoms with van der Waals surface area (Å²) in [5.74, 6) is 0.122. The minimum atomic E-state index is -0.376. The van der Waals surface area contributed by atoms with Gasteiger partial charge in [0.1, 0.15) is 6.04 Å². The lowest BCUT2D eigenvalue weighted by molar-refractivity contribution is -0.134. The molecule has 2 amide bonds. The number of hydrogen-bond acceptors (Lipinski definition) is 4. The van der Waals surface area contributed by atoms with Crippen LogP contribution in [-0.2, 0) is 9.59 Å². The SMILES string of the molecule is C=C(NC(C(=O)N(C)C/C=C(\C)C(=O)N1CCCC1)C(C)(C)C)C1CCCCN1C(C)C. The number of rotatable bonds is 8. The highest BCUT2D eigenvalue weighted by atomic mass is 16.2. The van der Waals surface area contributed by atoms with E-state index >= 15 is 0 Å². The number of nitrogens with one attached hydrogen (secondary N) is 1. The molecule has 182 valence electrons. The molecule has 0 spiro atoms. The van der Waals surface area contributed by atoms with Crippen LogP contribution in [0.4, 0.5) is 0 Å². The van der Waals surface area contributed by atoms with Crippen LogP contribution in [-0.4, -0.2) is 77.9 Å². The molecule has 6 heteroatoms. The molecule has 2 aliphatic heterocycles. The number of likely N-dealkylation sites (N-methyl/N-ethyl adjacent to an activating group) is 1. The van der Waals surface area contributed by atoms with E-state index in [-0.39, 0.29) is 29.3 Å². The first-order valence-electron chi connectivity index (χ1n) is 12.4. The van der Waals surface area contributed by atoms with Crippen LogP contribution in [0.15, 0.2) is 23.9 Å². The molecule has 2 atom stereocenters. The fraction of sp³-hybridized carbons (Fsp3) is 0.769. The summed E-state index contributed by atoms with van der Waals surface area (Å²) < 4.78 is 0. The van der Waals surface area contributed by atoms with Gasteiger partial charge in [0, 0.05) is 50.0 Å². The topological polar surface area (TPSA) is 55.9 Å². The van der Waals surface area contributed by atoms with E-state index in [1.54, 1.807) is 4.90 Å².